The Bertz CT molecular complexity index is 278. The second kappa shape index (κ2) is 4.08. The molecule has 1 aromatic rings. The smallest absolute Gasteiger partial charge is 0.124 e. The van der Waals surface area contributed by atoms with Gasteiger partial charge in [0.25, 0.3) is 0 Å². The Hall–Kier alpha value is -0.310. The van der Waals surface area contributed by atoms with Crippen molar-refractivity contribution in [3.8, 4) is 0 Å². The first-order chi connectivity index (χ1) is 5.65. The molecule has 1 N–H and O–H groups in total. The average molecular weight is 209 g/mol. The van der Waals surface area contributed by atoms with Gasteiger partial charge in [-0.2, -0.15) is 0 Å². The molecule has 0 bridgehead atoms. The molecule has 0 aromatic heterocycles. The van der Waals surface area contributed by atoms with Crippen molar-refractivity contribution in [1.82, 2.24) is 0 Å². The van der Waals surface area contributed by atoms with Crippen molar-refractivity contribution in [2.24, 2.45) is 0 Å². The molecule has 0 spiro atoms. The molecule has 0 saturated carbocycles. The van der Waals surface area contributed by atoms with Crippen LogP contribution in [0.2, 0.25) is 5.02 Å². The van der Waals surface area contributed by atoms with Crippen LogP contribution in [0.25, 0.3) is 0 Å². The maximum atomic E-state index is 12.5. The predicted octanol–water partition coefficient (Wildman–Crippen LogP) is 2.75. The van der Waals surface area contributed by atoms with E-state index in [-0.39, 0.29) is 10.9 Å². The Labute approximate surface area is 79.7 Å². The van der Waals surface area contributed by atoms with Crippen LogP contribution in [0.1, 0.15) is 11.7 Å². The van der Waals surface area contributed by atoms with Crippen molar-refractivity contribution in [3.63, 3.8) is 0 Å². The van der Waals surface area contributed by atoms with E-state index in [1.165, 1.54) is 12.1 Å². The van der Waals surface area contributed by atoms with E-state index < -0.39 is 11.9 Å². The summed E-state index contributed by atoms with van der Waals surface area (Å²) >= 11 is 11.0. The lowest BCUT2D eigenvalue weighted by molar-refractivity contribution is 0.202. The molecule has 1 rings (SSSR count). The summed E-state index contributed by atoms with van der Waals surface area (Å²) in [5, 5.41) is 9.46. The number of aliphatic hydroxyl groups excluding tert-OH is 1. The van der Waals surface area contributed by atoms with Gasteiger partial charge >= 0.3 is 0 Å². The summed E-state index contributed by atoms with van der Waals surface area (Å²) in [6.07, 6.45) is -0.834. The summed E-state index contributed by atoms with van der Waals surface area (Å²) in [4.78, 5) is 0. The number of rotatable bonds is 2. The van der Waals surface area contributed by atoms with Gasteiger partial charge in [-0.05, 0) is 12.1 Å². The maximum absolute atomic E-state index is 12.5. The molecule has 12 heavy (non-hydrogen) atoms. The van der Waals surface area contributed by atoms with Crippen LogP contribution in [-0.4, -0.2) is 11.0 Å². The molecule has 0 fully saturated rings. The van der Waals surface area contributed by atoms with E-state index in [0.717, 1.165) is 6.07 Å². The van der Waals surface area contributed by atoms with Gasteiger partial charge < -0.3 is 5.11 Å². The highest BCUT2D eigenvalue weighted by molar-refractivity contribution is 6.31. The molecule has 0 saturated heterocycles. The van der Waals surface area contributed by atoms with Crippen molar-refractivity contribution < 1.29 is 9.50 Å². The summed E-state index contributed by atoms with van der Waals surface area (Å²) < 4.78 is 12.5. The van der Waals surface area contributed by atoms with Crippen molar-refractivity contribution in [2.45, 2.75) is 6.10 Å². The summed E-state index contributed by atoms with van der Waals surface area (Å²) in [7, 11) is 0. The highest BCUT2D eigenvalue weighted by Gasteiger charge is 2.10. The molecule has 1 unspecified atom stereocenters. The van der Waals surface area contributed by atoms with Gasteiger partial charge in [0.1, 0.15) is 5.82 Å². The highest BCUT2D eigenvalue weighted by atomic mass is 35.5. The predicted molar refractivity (Wildman–Crippen MR) is 47.1 cm³/mol. The van der Waals surface area contributed by atoms with Crippen molar-refractivity contribution in [3.05, 3.63) is 34.6 Å². The largest absolute Gasteiger partial charge is 0.387 e. The molecule has 0 radical (unpaired) electrons. The van der Waals surface area contributed by atoms with Gasteiger partial charge in [0.2, 0.25) is 0 Å². The van der Waals surface area contributed by atoms with Crippen molar-refractivity contribution in [1.29, 1.82) is 0 Å². The fourth-order valence-electron chi connectivity index (χ4n) is 0.855. The lowest BCUT2D eigenvalue weighted by Crippen LogP contribution is -1.99. The molecule has 66 valence electrons. The van der Waals surface area contributed by atoms with Crippen LogP contribution >= 0.6 is 23.2 Å². The third-order valence-electron chi connectivity index (χ3n) is 1.47. The fraction of sp³-hybridized carbons (Fsp3) is 0.250. The SMILES string of the molecule is OC(CCl)c1ccc(F)cc1Cl. The molecule has 0 amide bonds. The molecule has 0 aliphatic heterocycles. The molecule has 1 aromatic carbocycles. The molecule has 1 atom stereocenters. The average Bonchev–Trinajstić information content (AvgIpc) is 2.03. The second-order valence-corrected chi connectivity index (χ2v) is 3.05. The lowest BCUT2D eigenvalue weighted by atomic mass is 10.1. The minimum absolute atomic E-state index is 0.0470. The van der Waals surface area contributed by atoms with Gasteiger partial charge in [-0.3, -0.25) is 0 Å². The zero-order chi connectivity index (χ0) is 9.14. The van der Waals surface area contributed by atoms with Crippen LogP contribution in [0.15, 0.2) is 18.2 Å². The van der Waals surface area contributed by atoms with Crippen LogP contribution in [0, 0.1) is 5.82 Å². The summed E-state index contributed by atoms with van der Waals surface area (Å²) in [5.74, 6) is -0.378. The van der Waals surface area contributed by atoms with Gasteiger partial charge in [-0.1, -0.05) is 17.7 Å². The Morgan fingerprint density at radius 1 is 1.50 bits per heavy atom. The van der Waals surface area contributed by atoms with Gasteiger partial charge in [0.15, 0.2) is 0 Å². The van der Waals surface area contributed by atoms with Gasteiger partial charge in [0, 0.05) is 10.6 Å². The first-order valence-electron chi connectivity index (χ1n) is 3.34. The number of benzene rings is 1. The van der Waals surface area contributed by atoms with Crippen LogP contribution < -0.4 is 0 Å². The summed E-state index contributed by atoms with van der Waals surface area (Å²) in [5.41, 5.74) is 0.452. The van der Waals surface area contributed by atoms with Gasteiger partial charge in [-0.25, -0.2) is 4.39 Å². The molecule has 4 heteroatoms. The molecule has 0 aliphatic carbocycles. The Morgan fingerprint density at radius 3 is 2.67 bits per heavy atom. The van der Waals surface area contributed by atoms with E-state index in [4.69, 9.17) is 23.2 Å². The van der Waals surface area contributed by atoms with E-state index in [0.29, 0.717) is 5.56 Å². The van der Waals surface area contributed by atoms with E-state index >= 15 is 0 Å². The number of aliphatic hydroxyl groups is 1. The summed E-state index contributed by atoms with van der Waals surface area (Å²) in [6, 6.07) is 3.80. The van der Waals surface area contributed by atoms with Gasteiger partial charge in [-0.15, -0.1) is 11.6 Å². The normalized spacial score (nSPS) is 13.0. The number of hydrogen-bond donors (Lipinski definition) is 1. The summed E-state index contributed by atoms with van der Waals surface area (Å²) in [6.45, 7) is 0. The highest BCUT2D eigenvalue weighted by Crippen LogP contribution is 2.24. The third-order valence-corrected chi connectivity index (χ3v) is 2.09. The van der Waals surface area contributed by atoms with Crippen LogP contribution in [0.3, 0.4) is 0 Å². The zero-order valence-corrected chi connectivity index (χ0v) is 7.61. The first kappa shape index (κ1) is 9.78. The minimum Gasteiger partial charge on any atom is -0.387 e. The molecule has 0 heterocycles. The van der Waals surface area contributed by atoms with E-state index in [1.54, 1.807) is 0 Å². The van der Waals surface area contributed by atoms with E-state index in [1.807, 2.05) is 0 Å². The third kappa shape index (κ3) is 2.09. The molecular formula is C8H7Cl2FO. The Balaban J connectivity index is 3.01. The standard InChI is InChI=1S/C8H7Cl2FO/c9-4-8(12)6-2-1-5(11)3-7(6)10/h1-3,8,12H,4H2. The second-order valence-electron chi connectivity index (χ2n) is 2.34. The van der Waals surface area contributed by atoms with E-state index in [2.05, 4.69) is 0 Å². The van der Waals surface area contributed by atoms with Crippen LogP contribution in [0.4, 0.5) is 4.39 Å². The molecule has 1 nitrogen and oxygen atoms in total. The lowest BCUT2D eigenvalue weighted by Gasteiger charge is -2.08. The quantitative estimate of drug-likeness (QED) is 0.742. The van der Waals surface area contributed by atoms with Crippen LogP contribution in [-0.2, 0) is 0 Å². The zero-order valence-electron chi connectivity index (χ0n) is 6.10. The number of alkyl halides is 1. The number of halogens is 3. The Morgan fingerprint density at radius 2 is 2.17 bits per heavy atom. The minimum atomic E-state index is -0.834. The molecular weight excluding hydrogens is 202 g/mol. The fourth-order valence-corrected chi connectivity index (χ4v) is 1.31. The monoisotopic (exact) mass is 208 g/mol. The first-order valence-corrected chi connectivity index (χ1v) is 4.25. The van der Waals surface area contributed by atoms with Crippen LogP contribution in [0.5, 0.6) is 0 Å². The van der Waals surface area contributed by atoms with Crippen molar-refractivity contribution >= 4 is 23.2 Å². The maximum Gasteiger partial charge on any atom is 0.124 e. The van der Waals surface area contributed by atoms with Crippen molar-refractivity contribution in [2.75, 3.05) is 5.88 Å². The topological polar surface area (TPSA) is 20.2 Å². The number of hydrogen-bond acceptors (Lipinski definition) is 1. The Kier molecular flexibility index (Phi) is 3.32. The van der Waals surface area contributed by atoms with E-state index in [9.17, 15) is 9.50 Å². The van der Waals surface area contributed by atoms with Gasteiger partial charge in [0.05, 0.1) is 12.0 Å². The molecule has 0 aliphatic rings.